The third-order valence-electron chi connectivity index (χ3n) is 4.40. The van der Waals surface area contributed by atoms with Crippen LogP contribution in [-0.4, -0.2) is 36.7 Å². The number of benzene rings is 1. The number of likely N-dealkylation sites (tertiary alicyclic amines) is 1. The summed E-state index contributed by atoms with van der Waals surface area (Å²) in [5.41, 5.74) is 1.32. The SMILES string of the molecule is CCOc1cccc(CNC2CCN(C3CC3)CC2)c1. The molecular formula is C17H26N2O. The van der Waals surface area contributed by atoms with Crippen molar-refractivity contribution in [2.45, 2.75) is 51.2 Å². The summed E-state index contributed by atoms with van der Waals surface area (Å²) in [6.07, 6.45) is 5.45. The van der Waals surface area contributed by atoms with Gasteiger partial charge in [0.15, 0.2) is 0 Å². The molecule has 0 spiro atoms. The molecular weight excluding hydrogens is 248 g/mol. The molecule has 3 nitrogen and oxygen atoms in total. The van der Waals surface area contributed by atoms with E-state index in [1.165, 1.54) is 44.3 Å². The molecule has 110 valence electrons. The normalized spacial score (nSPS) is 21.1. The van der Waals surface area contributed by atoms with Crippen LogP contribution in [0.3, 0.4) is 0 Å². The van der Waals surface area contributed by atoms with Crippen LogP contribution in [0, 0.1) is 0 Å². The lowest BCUT2D eigenvalue weighted by Gasteiger charge is -2.32. The molecule has 3 heteroatoms. The maximum atomic E-state index is 5.55. The molecule has 1 saturated carbocycles. The first-order valence-electron chi connectivity index (χ1n) is 8.04. The van der Waals surface area contributed by atoms with Gasteiger partial charge in [0, 0.05) is 18.6 Å². The van der Waals surface area contributed by atoms with Crippen molar-refractivity contribution >= 4 is 0 Å². The van der Waals surface area contributed by atoms with Crippen LogP contribution in [-0.2, 0) is 6.54 Å². The number of nitrogens with zero attached hydrogens (tertiary/aromatic N) is 1. The number of nitrogens with one attached hydrogen (secondary N) is 1. The van der Waals surface area contributed by atoms with Gasteiger partial charge in [0.2, 0.25) is 0 Å². The third kappa shape index (κ3) is 3.74. The van der Waals surface area contributed by atoms with Gasteiger partial charge in [-0.05, 0) is 63.4 Å². The number of hydrogen-bond acceptors (Lipinski definition) is 3. The Bertz CT molecular complexity index is 423. The fourth-order valence-corrected chi connectivity index (χ4v) is 3.08. The Morgan fingerprint density at radius 1 is 1.20 bits per heavy atom. The van der Waals surface area contributed by atoms with Gasteiger partial charge in [-0.2, -0.15) is 0 Å². The van der Waals surface area contributed by atoms with Gasteiger partial charge in [0.25, 0.3) is 0 Å². The first-order chi connectivity index (χ1) is 9.85. The van der Waals surface area contributed by atoms with Gasteiger partial charge in [-0.3, -0.25) is 0 Å². The Morgan fingerprint density at radius 3 is 2.70 bits per heavy atom. The number of rotatable bonds is 6. The van der Waals surface area contributed by atoms with Gasteiger partial charge >= 0.3 is 0 Å². The van der Waals surface area contributed by atoms with Crippen molar-refractivity contribution in [3.05, 3.63) is 29.8 Å². The number of ether oxygens (including phenoxy) is 1. The van der Waals surface area contributed by atoms with E-state index in [4.69, 9.17) is 4.74 Å². The summed E-state index contributed by atoms with van der Waals surface area (Å²) in [6, 6.07) is 10.0. The molecule has 20 heavy (non-hydrogen) atoms. The highest BCUT2D eigenvalue weighted by Gasteiger charge is 2.31. The fraction of sp³-hybridized carbons (Fsp3) is 0.647. The van der Waals surface area contributed by atoms with Crippen molar-refractivity contribution in [3.63, 3.8) is 0 Å². The summed E-state index contributed by atoms with van der Waals surface area (Å²) in [5.74, 6) is 0.982. The second-order valence-electron chi connectivity index (χ2n) is 6.00. The molecule has 0 atom stereocenters. The summed E-state index contributed by atoms with van der Waals surface area (Å²) in [4.78, 5) is 2.67. The molecule has 1 saturated heterocycles. The average molecular weight is 274 g/mol. The quantitative estimate of drug-likeness (QED) is 0.863. The highest BCUT2D eigenvalue weighted by atomic mass is 16.5. The van der Waals surface area contributed by atoms with Crippen molar-refractivity contribution in [2.75, 3.05) is 19.7 Å². The Labute approximate surface area is 122 Å². The second-order valence-corrected chi connectivity index (χ2v) is 6.00. The van der Waals surface area contributed by atoms with Gasteiger partial charge in [-0.15, -0.1) is 0 Å². The Hall–Kier alpha value is -1.06. The van der Waals surface area contributed by atoms with Crippen LogP contribution in [0.4, 0.5) is 0 Å². The molecule has 2 fully saturated rings. The van der Waals surface area contributed by atoms with Crippen LogP contribution in [0.15, 0.2) is 24.3 Å². The predicted molar refractivity (Wildman–Crippen MR) is 82.1 cm³/mol. The number of piperidine rings is 1. The molecule has 1 aromatic rings. The monoisotopic (exact) mass is 274 g/mol. The van der Waals surface area contributed by atoms with Gasteiger partial charge < -0.3 is 15.0 Å². The molecule has 0 aromatic heterocycles. The predicted octanol–water partition coefficient (Wildman–Crippen LogP) is 2.80. The molecule has 0 amide bonds. The molecule has 2 aliphatic rings. The Balaban J connectivity index is 1.43. The molecule has 0 unspecified atom stereocenters. The van der Waals surface area contributed by atoms with E-state index in [0.717, 1.165) is 24.9 Å². The van der Waals surface area contributed by atoms with E-state index in [1.807, 2.05) is 13.0 Å². The first-order valence-corrected chi connectivity index (χ1v) is 8.04. The van der Waals surface area contributed by atoms with Crippen LogP contribution < -0.4 is 10.1 Å². The lowest BCUT2D eigenvalue weighted by Crippen LogP contribution is -2.43. The Kier molecular flexibility index (Phi) is 4.58. The minimum atomic E-state index is 0.681. The lowest BCUT2D eigenvalue weighted by atomic mass is 10.0. The first kappa shape index (κ1) is 13.9. The smallest absolute Gasteiger partial charge is 0.119 e. The van der Waals surface area contributed by atoms with Crippen LogP contribution in [0.2, 0.25) is 0 Å². The zero-order chi connectivity index (χ0) is 13.8. The van der Waals surface area contributed by atoms with Crippen LogP contribution in [0.5, 0.6) is 5.75 Å². The third-order valence-corrected chi connectivity index (χ3v) is 4.40. The van der Waals surface area contributed by atoms with Crippen LogP contribution in [0.1, 0.15) is 38.2 Å². The molecule has 1 aliphatic carbocycles. The standard InChI is InChI=1S/C17H26N2O/c1-2-20-17-5-3-4-14(12-17)13-18-15-8-10-19(11-9-15)16-6-7-16/h3-5,12,15-16,18H,2,6-11,13H2,1H3. The maximum absolute atomic E-state index is 5.55. The summed E-state index contributed by atoms with van der Waals surface area (Å²) in [5, 5.41) is 3.70. The average Bonchev–Trinajstić information content (AvgIpc) is 3.31. The van der Waals surface area contributed by atoms with Crippen molar-refractivity contribution in [1.29, 1.82) is 0 Å². The second kappa shape index (κ2) is 6.59. The van der Waals surface area contributed by atoms with Crippen molar-refractivity contribution in [2.24, 2.45) is 0 Å². The highest BCUT2D eigenvalue weighted by molar-refractivity contribution is 5.28. The topological polar surface area (TPSA) is 24.5 Å². The molecule has 1 aromatic carbocycles. The maximum Gasteiger partial charge on any atom is 0.119 e. The van der Waals surface area contributed by atoms with Crippen molar-refractivity contribution < 1.29 is 4.74 Å². The van der Waals surface area contributed by atoms with Crippen molar-refractivity contribution in [1.82, 2.24) is 10.2 Å². The van der Waals surface area contributed by atoms with Gasteiger partial charge in [-0.1, -0.05) is 12.1 Å². The minimum absolute atomic E-state index is 0.681. The largest absolute Gasteiger partial charge is 0.494 e. The summed E-state index contributed by atoms with van der Waals surface area (Å²) < 4.78 is 5.55. The molecule has 1 N–H and O–H groups in total. The zero-order valence-corrected chi connectivity index (χ0v) is 12.5. The molecule has 0 bridgehead atoms. The molecule has 0 radical (unpaired) electrons. The fourth-order valence-electron chi connectivity index (χ4n) is 3.08. The van der Waals surface area contributed by atoms with Crippen molar-refractivity contribution in [3.8, 4) is 5.75 Å². The molecule has 3 rings (SSSR count). The van der Waals surface area contributed by atoms with E-state index < -0.39 is 0 Å². The van der Waals surface area contributed by atoms with Crippen LogP contribution >= 0.6 is 0 Å². The zero-order valence-electron chi connectivity index (χ0n) is 12.5. The molecule has 1 aliphatic heterocycles. The van der Waals surface area contributed by atoms with E-state index in [0.29, 0.717) is 6.04 Å². The summed E-state index contributed by atoms with van der Waals surface area (Å²) in [7, 11) is 0. The summed E-state index contributed by atoms with van der Waals surface area (Å²) >= 11 is 0. The summed E-state index contributed by atoms with van der Waals surface area (Å²) in [6.45, 7) is 6.27. The van der Waals surface area contributed by atoms with Crippen LogP contribution in [0.25, 0.3) is 0 Å². The van der Waals surface area contributed by atoms with E-state index in [1.54, 1.807) is 0 Å². The van der Waals surface area contributed by atoms with E-state index >= 15 is 0 Å². The van der Waals surface area contributed by atoms with Gasteiger partial charge in [-0.25, -0.2) is 0 Å². The minimum Gasteiger partial charge on any atom is -0.494 e. The number of hydrogen-bond donors (Lipinski definition) is 1. The van der Waals surface area contributed by atoms with Gasteiger partial charge in [0.1, 0.15) is 5.75 Å². The lowest BCUT2D eigenvalue weighted by molar-refractivity contribution is 0.189. The van der Waals surface area contributed by atoms with E-state index in [-0.39, 0.29) is 0 Å². The van der Waals surface area contributed by atoms with E-state index in [2.05, 4.69) is 28.4 Å². The molecule has 1 heterocycles. The Morgan fingerprint density at radius 2 is 2.00 bits per heavy atom. The highest BCUT2D eigenvalue weighted by Crippen LogP contribution is 2.29. The van der Waals surface area contributed by atoms with E-state index in [9.17, 15) is 0 Å². The van der Waals surface area contributed by atoms with Gasteiger partial charge in [0.05, 0.1) is 6.61 Å².